The van der Waals surface area contributed by atoms with Crippen LogP contribution in [0.5, 0.6) is 0 Å². The monoisotopic (exact) mass is 335 g/mol. The standard InChI is InChI=1S/C24H17NO/c26-20-14-22(24(15-20)16-25-23-9-5-4-8-21(23)24)19-12-10-18(11-13-19)17-6-2-1-3-7-17/h1-14,16H,15H2. The molecule has 2 nitrogen and oxygen atoms in total. The highest BCUT2D eigenvalue weighted by atomic mass is 16.1. The molecule has 2 aliphatic rings. The lowest BCUT2D eigenvalue weighted by Gasteiger charge is -2.25. The molecule has 0 saturated carbocycles. The number of nitrogens with zero attached hydrogens (tertiary/aromatic N) is 1. The fourth-order valence-electron chi connectivity index (χ4n) is 4.09. The molecule has 1 atom stereocenters. The van der Waals surface area contributed by atoms with Crippen molar-refractivity contribution in [3.8, 4) is 11.1 Å². The maximum atomic E-state index is 12.3. The molecule has 5 rings (SSSR count). The number of benzene rings is 3. The number of ketones is 1. The van der Waals surface area contributed by atoms with Crippen LogP contribution in [0.25, 0.3) is 16.7 Å². The maximum absolute atomic E-state index is 12.3. The van der Waals surface area contributed by atoms with Crippen LogP contribution in [-0.4, -0.2) is 12.0 Å². The van der Waals surface area contributed by atoms with Gasteiger partial charge < -0.3 is 0 Å². The van der Waals surface area contributed by atoms with E-state index in [1.807, 2.05) is 42.6 Å². The van der Waals surface area contributed by atoms with Gasteiger partial charge in [0, 0.05) is 12.6 Å². The lowest BCUT2D eigenvalue weighted by Crippen LogP contribution is -2.25. The first kappa shape index (κ1) is 15.0. The van der Waals surface area contributed by atoms with E-state index in [0.29, 0.717) is 6.42 Å². The molecule has 0 bridgehead atoms. The van der Waals surface area contributed by atoms with Gasteiger partial charge in [0.2, 0.25) is 0 Å². The number of fused-ring (bicyclic) bond motifs is 2. The second-order valence-corrected chi connectivity index (χ2v) is 6.89. The van der Waals surface area contributed by atoms with Gasteiger partial charge in [0.25, 0.3) is 0 Å². The number of carbonyl (C=O) groups is 1. The maximum Gasteiger partial charge on any atom is 0.157 e. The summed E-state index contributed by atoms with van der Waals surface area (Å²) in [6, 6.07) is 26.9. The minimum atomic E-state index is -0.415. The summed E-state index contributed by atoms with van der Waals surface area (Å²) >= 11 is 0. The molecule has 1 aliphatic carbocycles. The molecule has 0 amide bonds. The highest BCUT2D eigenvalue weighted by Crippen LogP contribution is 2.50. The van der Waals surface area contributed by atoms with E-state index in [0.717, 1.165) is 22.4 Å². The van der Waals surface area contributed by atoms with Crippen molar-refractivity contribution < 1.29 is 4.79 Å². The van der Waals surface area contributed by atoms with Crippen molar-refractivity contribution >= 4 is 23.3 Å². The van der Waals surface area contributed by atoms with Gasteiger partial charge in [0.1, 0.15) is 0 Å². The van der Waals surface area contributed by atoms with E-state index < -0.39 is 5.41 Å². The Morgan fingerprint density at radius 2 is 1.38 bits per heavy atom. The molecule has 1 unspecified atom stereocenters. The zero-order chi connectivity index (χ0) is 17.6. The van der Waals surface area contributed by atoms with E-state index in [4.69, 9.17) is 0 Å². The lowest BCUT2D eigenvalue weighted by molar-refractivity contribution is -0.114. The number of carbonyl (C=O) groups excluding carboxylic acids is 1. The first-order chi connectivity index (χ1) is 12.8. The van der Waals surface area contributed by atoms with E-state index in [9.17, 15) is 4.79 Å². The molecule has 0 fully saturated rings. The Kier molecular flexibility index (Phi) is 3.26. The second-order valence-electron chi connectivity index (χ2n) is 6.89. The average molecular weight is 335 g/mol. The minimum absolute atomic E-state index is 0.162. The summed E-state index contributed by atoms with van der Waals surface area (Å²) in [7, 11) is 0. The van der Waals surface area contributed by atoms with Gasteiger partial charge in [0.15, 0.2) is 5.78 Å². The molecule has 3 aromatic carbocycles. The van der Waals surface area contributed by atoms with Gasteiger partial charge in [0.05, 0.1) is 11.1 Å². The van der Waals surface area contributed by atoms with Crippen LogP contribution < -0.4 is 0 Å². The van der Waals surface area contributed by atoms with Crippen molar-refractivity contribution in [2.45, 2.75) is 11.8 Å². The number of hydrogen-bond acceptors (Lipinski definition) is 2. The van der Waals surface area contributed by atoms with Crippen molar-refractivity contribution in [2.75, 3.05) is 0 Å². The fourth-order valence-corrected chi connectivity index (χ4v) is 4.09. The number of allylic oxidation sites excluding steroid dienone is 2. The quantitative estimate of drug-likeness (QED) is 0.619. The Labute approximate surface area is 152 Å². The van der Waals surface area contributed by atoms with Crippen LogP contribution in [0.15, 0.2) is 89.9 Å². The molecular weight excluding hydrogens is 318 g/mol. The number of rotatable bonds is 2. The fraction of sp³-hybridized carbons (Fsp3) is 0.0833. The van der Waals surface area contributed by atoms with E-state index in [1.54, 1.807) is 6.08 Å². The van der Waals surface area contributed by atoms with Crippen LogP contribution in [0.3, 0.4) is 0 Å². The SMILES string of the molecule is O=C1C=C(c2ccc(-c3ccccc3)cc2)C2(C=Nc3ccccc32)C1. The Morgan fingerprint density at radius 1 is 0.731 bits per heavy atom. The molecule has 0 saturated heterocycles. The average Bonchev–Trinajstić information content (AvgIpc) is 3.24. The van der Waals surface area contributed by atoms with Crippen LogP contribution in [0.1, 0.15) is 17.5 Å². The van der Waals surface area contributed by atoms with Crippen molar-refractivity contribution in [3.05, 3.63) is 96.1 Å². The molecule has 1 spiro atoms. The van der Waals surface area contributed by atoms with Crippen molar-refractivity contribution in [1.29, 1.82) is 0 Å². The van der Waals surface area contributed by atoms with E-state index in [-0.39, 0.29) is 5.78 Å². The minimum Gasteiger partial charge on any atom is -0.295 e. The van der Waals surface area contributed by atoms with Gasteiger partial charge in [-0.2, -0.15) is 0 Å². The number of aliphatic imine (C=N–C) groups is 1. The third-order valence-corrected chi connectivity index (χ3v) is 5.35. The molecule has 3 aromatic rings. The summed E-state index contributed by atoms with van der Waals surface area (Å²) < 4.78 is 0. The largest absolute Gasteiger partial charge is 0.295 e. The molecule has 1 aliphatic heterocycles. The van der Waals surface area contributed by atoms with Gasteiger partial charge in [-0.25, -0.2) is 0 Å². The van der Waals surface area contributed by atoms with Gasteiger partial charge >= 0.3 is 0 Å². The number of para-hydroxylation sites is 1. The van der Waals surface area contributed by atoms with Crippen LogP contribution in [0.4, 0.5) is 5.69 Å². The summed E-state index contributed by atoms with van der Waals surface area (Å²) in [4.78, 5) is 16.9. The number of hydrogen-bond donors (Lipinski definition) is 0. The smallest absolute Gasteiger partial charge is 0.157 e. The molecule has 0 N–H and O–H groups in total. The summed E-state index contributed by atoms with van der Waals surface area (Å²) in [6.07, 6.45) is 4.22. The van der Waals surface area contributed by atoms with E-state index in [1.165, 1.54) is 11.1 Å². The molecule has 0 radical (unpaired) electrons. The second kappa shape index (κ2) is 5.63. The zero-order valence-electron chi connectivity index (χ0n) is 14.2. The Balaban J connectivity index is 1.58. The van der Waals surface area contributed by atoms with Crippen LogP contribution in [0, 0.1) is 0 Å². The predicted molar refractivity (Wildman–Crippen MR) is 106 cm³/mol. The zero-order valence-corrected chi connectivity index (χ0v) is 14.2. The third kappa shape index (κ3) is 2.19. The van der Waals surface area contributed by atoms with E-state index in [2.05, 4.69) is 47.5 Å². The highest BCUT2D eigenvalue weighted by Gasteiger charge is 2.45. The molecule has 1 heterocycles. The normalized spacial score (nSPS) is 20.5. The summed E-state index contributed by atoms with van der Waals surface area (Å²) in [5.41, 5.74) is 6.18. The van der Waals surface area contributed by atoms with Crippen LogP contribution >= 0.6 is 0 Å². The Hall–Kier alpha value is -3.26. The molecule has 2 heteroatoms. The first-order valence-corrected chi connectivity index (χ1v) is 8.82. The van der Waals surface area contributed by atoms with Gasteiger partial charge in [-0.05, 0) is 40.0 Å². The summed E-state index contributed by atoms with van der Waals surface area (Å²) in [5, 5.41) is 0. The molecular formula is C24H17NO. The molecule has 0 aromatic heterocycles. The van der Waals surface area contributed by atoms with Crippen LogP contribution in [-0.2, 0) is 10.2 Å². The molecule has 124 valence electrons. The van der Waals surface area contributed by atoms with Gasteiger partial charge in [-0.1, -0.05) is 72.8 Å². The van der Waals surface area contributed by atoms with Crippen molar-refractivity contribution in [1.82, 2.24) is 0 Å². The van der Waals surface area contributed by atoms with Crippen molar-refractivity contribution in [3.63, 3.8) is 0 Å². The van der Waals surface area contributed by atoms with Gasteiger partial charge in [-0.15, -0.1) is 0 Å². The first-order valence-electron chi connectivity index (χ1n) is 8.82. The Morgan fingerprint density at radius 3 is 2.19 bits per heavy atom. The summed E-state index contributed by atoms with van der Waals surface area (Å²) in [5.74, 6) is 0.162. The Bertz CT molecular complexity index is 1060. The highest BCUT2D eigenvalue weighted by molar-refractivity contribution is 6.15. The molecule has 26 heavy (non-hydrogen) atoms. The van der Waals surface area contributed by atoms with E-state index >= 15 is 0 Å². The lowest BCUT2D eigenvalue weighted by atomic mass is 9.74. The predicted octanol–water partition coefficient (Wildman–Crippen LogP) is 5.36. The topological polar surface area (TPSA) is 29.4 Å². The van der Waals surface area contributed by atoms with Crippen molar-refractivity contribution in [2.24, 2.45) is 4.99 Å². The van der Waals surface area contributed by atoms with Crippen LogP contribution in [0.2, 0.25) is 0 Å². The summed E-state index contributed by atoms with van der Waals surface area (Å²) in [6.45, 7) is 0. The third-order valence-electron chi connectivity index (χ3n) is 5.35. The van der Waals surface area contributed by atoms with Gasteiger partial charge in [-0.3, -0.25) is 9.79 Å².